The first-order valence-electron chi connectivity index (χ1n) is 8.21. The average Bonchev–Trinajstić information content (AvgIpc) is 2.97. The van der Waals surface area contributed by atoms with E-state index in [4.69, 9.17) is 0 Å². The van der Waals surface area contributed by atoms with Gasteiger partial charge in [-0.2, -0.15) is 0 Å². The lowest BCUT2D eigenvalue weighted by molar-refractivity contribution is -0.136. The molecule has 1 unspecified atom stereocenters. The van der Waals surface area contributed by atoms with E-state index in [1.807, 2.05) is 36.1 Å². The zero-order valence-electron chi connectivity index (χ0n) is 14.0. The van der Waals surface area contributed by atoms with Crippen LogP contribution in [-0.4, -0.2) is 50.5 Å². The Kier molecular flexibility index (Phi) is 4.80. The molecule has 3 rings (SSSR count). The zero-order valence-corrected chi connectivity index (χ0v) is 14.0. The standard InChI is InChI=1S/C17H23N5O2/c1-12-5-3-4-6-15(12)18-8-7-17(24)21-9-14(10-21)22-11-16(13(2)23)19-20-22/h3-6,11,13-14,18,23H,7-10H2,1-2H3. The van der Waals surface area contributed by atoms with Gasteiger partial charge in [0, 0.05) is 31.7 Å². The molecule has 0 radical (unpaired) electrons. The van der Waals surface area contributed by atoms with Gasteiger partial charge in [-0.1, -0.05) is 23.4 Å². The van der Waals surface area contributed by atoms with Crippen LogP contribution in [0.4, 0.5) is 5.69 Å². The molecule has 1 amide bonds. The van der Waals surface area contributed by atoms with Crippen molar-refractivity contribution < 1.29 is 9.90 Å². The van der Waals surface area contributed by atoms with Crippen LogP contribution in [0.1, 0.15) is 36.7 Å². The van der Waals surface area contributed by atoms with E-state index in [0.717, 1.165) is 5.69 Å². The first-order valence-corrected chi connectivity index (χ1v) is 8.21. The lowest BCUT2D eigenvalue weighted by Crippen LogP contribution is -2.51. The van der Waals surface area contributed by atoms with Crippen LogP contribution in [-0.2, 0) is 4.79 Å². The largest absolute Gasteiger partial charge is 0.387 e. The van der Waals surface area contributed by atoms with Gasteiger partial charge in [0.1, 0.15) is 5.69 Å². The molecule has 128 valence electrons. The molecule has 1 aromatic carbocycles. The minimum absolute atomic E-state index is 0.142. The van der Waals surface area contributed by atoms with Crippen LogP contribution in [0.25, 0.3) is 0 Å². The number of likely N-dealkylation sites (tertiary alicyclic amines) is 1. The molecule has 1 atom stereocenters. The minimum atomic E-state index is -0.621. The minimum Gasteiger partial charge on any atom is -0.387 e. The third-order valence-electron chi connectivity index (χ3n) is 4.34. The summed E-state index contributed by atoms with van der Waals surface area (Å²) in [5, 5.41) is 20.7. The van der Waals surface area contributed by atoms with E-state index in [9.17, 15) is 9.90 Å². The van der Waals surface area contributed by atoms with Crippen LogP contribution in [0.2, 0.25) is 0 Å². The quantitative estimate of drug-likeness (QED) is 0.840. The summed E-state index contributed by atoms with van der Waals surface area (Å²) >= 11 is 0. The number of para-hydroxylation sites is 1. The Bertz CT molecular complexity index is 707. The second-order valence-electron chi connectivity index (χ2n) is 6.24. The molecule has 2 aromatic rings. The van der Waals surface area contributed by atoms with E-state index in [2.05, 4.69) is 15.6 Å². The molecule has 1 aliphatic rings. The van der Waals surface area contributed by atoms with E-state index >= 15 is 0 Å². The lowest BCUT2D eigenvalue weighted by Gasteiger charge is -2.39. The number of aliphatic hydroxyl groups is 1. The number of hydrogen-bond donors (Lipinski definition) is 2. The van der Waals surface area contributed by atoms with Crippen molar-refractivity contribution in [2.45, 2.75) is 32.4 Å². The predicted octanol–water partition coefficient (Wildman–Crippen LogP) is 1.53. The molecule has 0 spiro atoms. The first-order chi connectivity index (χ1) is 11.5. The number of benzene rings is 1. The lowest BCUT2D eigenvalue weighted by atomic mass is 10.1. The highest BCUT2D eigenvalue weighted by Gasteiger charge is 2.32. The number of aromatic nitrogens is 3. The molecule has 0 aliphatic carbocycles. The van der Waals surface area contributed by atoms with Gasteiger partial charge in [-0.05, 0) is 25.5 Å². The molecule has 24 heavy (non-hydrogen) atoms. The number of nitrogens with one attached hydrogen (secondary N) is 1. The van der Waals surface area contributed by atoms with Gasteiger partial charge in [-0.25, -0.2) is 4.68 Å². The number of nitrogens with zero attached hydrogens (tertiary/aromatic N) is 4. The summed E-state index contributed by atoms with van der Waals surface area (Å²) in [6.07, 6.45) is 1.60. The van der Waals surface area contributed by atoms with Crippen LogP contribution in [0.3, 0.4) is 0 Å². The van der Waals surface area contributed by atoms with Gasteiger partial charge in [-0.15, -0.1) is 5.10 Å². The normalized spacial score (nSPS) is 15.9. The highest BCUT2D eigenvalue weighted by atomic mass is 16.3. The van der Waals surface area contributed by atoms with Crippen LogP contribution in [0, 0.1) is 6.92 Å². The van der Waals surface area contributed by atoms with Crippen molar-refractivity contribution in [2.24, 2.45) is 0 Å². The highest BCUT2D eigenvalue weighted by molar-refractivity contribution is 5.77. The molecule has 1 saturated heterocycles. The van der Waals surface area contributed by atoms with Gasteiger partial charge in [0.05, 0.1) is 18.3 Å². The summed E-state index contributed by atoms with van der Waals surface area (Å²) in [6.45, 7) is 5.62. The number of anilines is 1. The van der Waals surface area contributed by atoms with E-state index in [-0.39, 0.29) is 11.9 Å². The maximum absolute atomic E-state index is 12.2. The molecule has 0 saturated carbocycles. The smallest absolute Gasteiger partial charge is 0.224 e. The fourth-order valence-corrected chi connectivity index (χ4v) is 2.72. The van der Waals surface area contributed by atoms with E-state index in [1.54, 1.807) is 17.8 Å². The van der Waals surface area contributed by atoms with Crippen molar-refractivity contribution in [3.63, 3.8) is 0 Å². The number of carbonyl (C=O) groups is 1. The fourth-order valence-electron chi connectivity index (χ4n) is 2.72. The molecule has 2 N–H and O–H groups in total. The second kappa shape index (κ2) is 7.00. The number of aryl methyl sites for hydroxylation is 1. The maximum atomic E-state index is 12.2. The number of amides is 1. The Labute approximate surface area is 141 Å². The zero-order chi connectivity index (χ0) is 17.1. The van der Waals surface area contributed by atoms with Gasteiger partial charge >= 0.3 is 0 Å². The molecule has 2 heterocycles. The Morgan fingerprint density at radius 2 is 2.17 bits per heavy atom. The SMILES string of the molecule is Cc1ccccc1NCCC(=O)N1CC(n2cc(C(C)O)nn2)C1. The number of rotatable bonds is 6. The molecule has 7 nitrogen and oxygen atoms in total. The summed E-state index contributed by atoms with van der Waals surface area (Å²) in [5.41, 5.74) is 2.80. The van der Waals surface area contributed by atoms with Crippen LogP contribution in [0.5, 0.6) is 0 Å². The summed E-state index contributed by atoms with van der Waals surface area (Å²) in [6, 6.07) is 8.20. The predicted molar refractivity (Wildman–Crippen MR) is 90.6 cm³/mol. The Morgan fingerprint density at radius 1 is 1.42 bits per heavy atom. The molecule has 1 aliphatic heterocycles. The summed E-state index contributed by atoms with van der Waals surface area (Å²) in [4.78, 5) is 14.0. The van der Waals surface area contributed by atoms with Crippen molar-refractivity contribution in [2.75, 3.05) is 25.0 Å². The fraction of sp³-hybridized carbons (Fsp3) is 0.471. The summed E-state index contributed by atoms with van der Waals surface area (Å²) < 4.78 is 1.73. The Hall–Kier alpha value is -2.41. The van der Waals surface area contributed by atoms with Gasteiger partial charge < -0.3 is 15.3 Å². The van der Waals surface area contributed by atoms with Crippen molar-refractivity contribution >= 4 is 11.6 Å². The maximum Gasteiger partial charge on any atom is 0.224 e. The van der Waals surface area contributed by atoms with Crippen molar-refractivity contribution in [1.82, 2.24) is 19.9 Å². The number of carbonyl (C=O) groups excluding carboxylic acids is 1. The van der Waals surface area contributed by atoms with Crippen LogP contribution >= 0.6 is 0 Å². The Morgan fingerprint density at radius 3 is 2.83 bits per heavy atom. The highest BCUT2D eigenvalue weighted by Crippen LogP contribution is 2.22. The van der Waals surface area contributed by atoms with E-state index in [1.165, 1.54) is 5.56 Å². The average molecular weight is 329 g/mol. The van der Waals surface area contributed by atoms with E-state index in [0.29, 0.717) is 31.7 Å². The number of aliphatic hydroxyl groups excluding tert-OH is 1. The molecule has 1 fully saturated rings. The molecule has 0 bridgehead atoms. The van der Waals surface area contributed by atoms with Crippen molar-refractivity contribution in [1.29, 1.82) is 0 Å². The van der Waals surface area contributed by atoms with Crippen LogP contribution < -0.4 is 5.32 Å². The first kappa shape index (κ1) is 16.4. The molecular weight excluding hydrogens is 306 g/mol. The van der Waals surface area contributed by atoms with Gasteiger partial charge in [-0.3, -0.25) is 4.79 Å². The summed E-state index contributed by atoms with van der Waals surface area (Å²) in [7, 11) is 0. The molecule has 1 aromatic heterocycles. The molecular formula is C17H23N5O2. The van der Waals surface area contributed by atoms with Crippen molar-refractivity contribution in [3.05, 3.63) is 41.7 Å². The monoisotopic (exact) mass is 329 g/mol. The van der Waals surface area contributed by atoms with Gasteiger partial charge in [0.25, 0.3) is 0 Å². The van der Waals surface area contributed by atoms with Gasteiger partial charge in [0.15, 0.2) is 0 Å². The van der Waals surface area contributed by atoms with Crippen molar-refractivity contribution in [3.8, 4) is 0 Å². The van der Waals surface area contributed by atoms with Gasteiger partial charge in [0.2, 0.25) is 5.91 Å². The third kappa shape index (κ3) is 3.56. The molecule has 7 heteroatoms. The second-order valence-corrected chi connectivity index (χ2v) is 6.24. The number of hydrogen-bond acceptors (Lipinski definition) is 5. The van der Waals surface area contributed by atoms with Crippen LogP contribution in [0.15, 0.2) is 30.5 Å². The Balaban J connectivity index is 1.42. The topological polar surface area (TPSA) is 83.3 Å². The third-order valence-corrected chi connectivity index (χ3v) is 4.34. The van der Waals surface area contributed by atoms with E-state index < -0.39 is 6.10 Å². The summed E-state index contributed by atoms with van der Waals surface area (Å²) in [5.74, 6) is 0.142.